The molecule has 0 aliphatic carbocycles. The van der Waals surface area contributed by atoms with Crippen molar-refractivity contribution in [2.45, 2.75) is 6.54 Å². The lowest BCUT2D eigenvalue weighted by molar-refractivity contribution is 0.0937. The van der Waals surface area contributed by atoms with Gasteiger partial charge in [0.15, 0.2) is 11.6 Å². The number of hydrogen-bond acceptors (Lipinski definition) is 3. The standard InChI is InChI=1S/C11H15F2NO2/c12-10-3-1-2-9(11(10)13)8-14-4-6-16-7-5-15/h1-3,14-15H,4-8H2. The van der Waals surface area contributed by atoms with Crippen LogP contribution in [0.2, 0.25) is 0 Å². The summed E-state index contributed by atoms with van der Waals surface area (Å²) >= 11 is 0. The van der Waals surface area contributed by atoms with Crippen molar-refractivity contribution in [1.82, 2.24) is 5.32 Å². The van der Waals surface area contributed by atoms with Crippen LogP contribution in [0.25, 0.3) is 0 Å². The molecule has 1 aromatic carbocycles. The Morgan fingerprint density at radius 1 is 1.25 bits per heavy atom. The first-order valence-corrected chi connectivity index (χ1v) is 5.08. The summed E-state index contributed by atoms with van der Waals surface area (Å²) in [7, 11) is 0. The van der Waals surface area contributed by atoms with Gasteiger partial charge in [-0.1, -0.05) is 12.1 Å². The van der Waals surface area contributed by atoms with E-state index in [1.54, 1.807) is 0 Å². The molecular formula is C11H15F2NO2. The zero-order chi connectivity index (χ0) is 11.8. The number of nitrogens with one attached hydrogen (secondary N) is 1. The first-order valence-electron chi connectivity index (χ1n) is 5.08. The van der Waals surface area contributed by atoms with Gasteiger partial charge in [0.05, 0.1) is 19.8 Å². The lowest BCUT2D eigenvalue weighted by Gasteiger charge is -2.06. The van der Waals surface area contributed by atoms with Gasteiger partial charge in [-0.2, -0.15) is 0 Å². The fraction of sp³-hybridized carbons (Fsp3) is 0.455. The van der Waals surface area contributed by atoms with Crippen molar-refractivity contribution in [1.29, 1.82) is 0 Å². The van der Waals surface area contributed by atoms with Crippen LogP contribution in [0.1, 0.15) is 5.56 Å². The highest BCUT2D eigenvalue weighted by atomic mass is 19.2. The van der Waals surface area contributed by atoms with Crippen LogP contribution in [0.3, 0.4) is 0 Å². The molecule has 0 saturated heterocycles. The summed E-state index contributed by atoms with van der Waals surface area (Å²) in [6, 6.07) is 4.08. The van der Waals surface area contributed by atoms with Crippen LogP contribution in [0.4, 0.5) is 8.78 Å². The molecule has 0 spiro atoms. The number of aliphatic hydroxyl groups is 1. The lowest BCUT2D eigenvalue weighted by atomic mass is 10.2. The number of ether oxygens (including phenoxy) is 1. The normalized spacial score (nSPS) is 10.7. The molecule has 0 unspecified atom stereocenters. The Labute approximate surface area is 93.0 Å². The second kappa shape index (κ2) is 7.27. The maximum atomic E-state index is 13.2. The zero-order valence-electron chi connectivity index (χ0n) is 8.88. The zero-order valence-corrected chi connectivity index (χ0v) is 8.88. The third kappa shape index (κ3) is 4.22. The Kier molecular flexibility index (Phi) is 5.92. The van der Waals surface area contributed by atoms with Crippen LogP contribution >= 0.6 is 0 Å². The van der Waals surface area contributed by atoms with E-state index in [0.29, 0.717) is 18.7 Å². The SMILES string of the molecule is OCCOCCNCc1cccc(F)c1F. The molecule has 16 heavy (non-hydrogen) atoms. The van der Waals surface area contributed by atoms with Crippen molar-refractivity contribution in [3.63, 3.8) is 0 Å². The number of rotatable bonds is 7. The monoisotopic (exact) mass is 231 g/mol. The van der Waals surface area contributed by atoms with E-state index in [2.05, 4.69) is 5.32 Å². The van der Waals surface area contributed by atoms with Gasteiger partial charge in [0.2, 0.25) is 0 Å². The smallest absolute Gasteiger partial charge is 0.163 e. The third-order valence-corrected chi connectivity index (χ3v) is 2.01. The van der Waals surface area contributed by atoms with E-state index in [4.69, 9.17) is 9.84 Å². The van der Waals surface area contributed by atoms with Crippen molar-refractivity contribution in [2.75, 3.05) is 26.4 Å². The van der Waals surface area contributed by atoms with Crippen molar-refractivity contribution in [3.8, 4) is 0 Å². The minimum atomic E-state index is -0.837. The Morgan fingerprint density at radius 2 is 2.06 bits per heavy atom. The Balaban J connectivity index is 2.24. The first-order chi connectivity index (χ1) is 7.75. The summed E-state index contributed by atoms with van der Waals surface area (Å²) in [4.78, 5) is 0. The van der Waals surface area contributed by atoms with E-state index >= 15 is 0 Å². The molecule has 0 fully saturated rings. The molecule has 0 atom stereocenters. The van der Waals surface area contributed by atoms with Crippen molar-refractivity contribution in [2.24, 2.45) is 0 Å². The fourth-order valence-corrected chi connectivity index (χ4v) is 1.22. The van der Waals surface area contributed by atoms with E-state index in [0.717, 1.165) is 6.07 Å². The summed E-state index contributed by atoms with van der Waals surface area (Å²) in [6.45, 7) is 1.48. The van der Waals surface area contributed by atoms with Gasteiger partial charge in [-0.3, -0.25) is 0 Å². The molecule has 0 heterocycles. The summed E-state index contributed by atoms with van der Waals surface area (Å²) < 4.78 is 30.9. The summed E-state index contributed by atoms with van der Waals surface area (Å²) in [6.07, 6.45) is 0. The first kappa shape index (κ1) is 13.0. The minimum Gasteiger partial charge on any atom is -0.394 e. The molecule has 0 aliphatic heterocycles. The van der Waals surface area contributed by atoms with Crippen LogP contribution in [-0.4, -0.2) is 31.5 Å². The topological polar surface area (TPSA) is 41.5 Å². The van der Waals surface area contributed by atoms with Gasteiger partial charge in [0.1, 0.15) is 0 Å². The third-order valence-electron chi connectivity index (χ3n) is 2.01. The Hall–Kier alpha value is -1.04. The van der Waals surface area contributed by atoms with Gasteiger partial charge in [0, 0.05) is 18.7 Å². The number of benzene rings is 1. The highest BCUT2D eigenvalue weighted by molar-refractivity contribution is 5.18. The molecule has 1 aromatic rings. The molecule has 0 aliphatic rings. The van der Waals surface area contributed by atoms with E-state index in [1.165, 1.54) is 12.1 Å². The predicted octanol–water partition coefficient (Wildman–Crippen LogP) is 1.06. The van der Waals surface area contributed by atoms with Gasteiger partial charge in [0.25, 0.3) is 0 Å². The fourth-order valence-electron chi connectivity index (χ4n) is 1.22. The molecule has 0 radical (unpaired) electrons. The highest BCUT2D eigenvalue weighted by Gasteiger charge is 2.06. The molecule has 5 heteroatoms. The quantitative estimate of drug-likeness (QED) is 0.689. The van der Waals surface area contributed by atoms with E-state index in [1.807, 2.05) is 0 Å². The number of hydrogen-bond donors (Lipinski definition) is 2. The van der Waals surface area contributed by atoms with Crippen molar-refractivity contribution < 1.29 is 18.6 Å². The molecule has 90 valence electrons. The van der Waals surface area contributed by atoms with Crippen LogP contribution in [0, 0.1) is 11.6 Å². The van der Waals surface area contributed by atoms with Crippen LogP contribution in [0.5, 0.6) is 0 Å². The molecule has 3 nitrogen and oxygen atoms in total. The van der Waals surface area contributed by atoms with E-state index in [9.17, 15) is 8.78 Å². The summed E-state index contributed by atoms with van der Waals surface area (Å²) in [5.74, 6) is -1.65. The second-order valence-corrected chi connectivity index (χ2v) is 3.23. The average molecular weight is 231 g/mol. The van der Waals surface area contributed by atoms with Crippen molar-refractivity contribution in [3.05, 3.63) is 35.4 Å². The molecule has 1 rings (SSSR count). The molecule has 2 N–H and O–H groups in total. The average Bonchev–Trinajstić information content (AvgIpc) is 2.29. The number of halogens is 2. The maximum Gasteiger partial charge on any atom is 0.163 e. The summed E-state index contributed by atoms with van der Waals surface area (Å²) in [5, 5.41) is 11.3. The number of aliphatic hydroxyl groups excluding tert-OH is 1. The minimum absolute atomic E-state index is 0.0154. The maximum absolute atomic E-state index is 13.2. The van der Waals surface area contributed by atoms with Crippen molar-refractivity contribution >= 4 is 0 Å². The summed E-state index contributed by atoms with van der Waals surface area (Å²) in [5.41, 5.74) is 0.294. The van der Waals surface area contributed by atoms with E-state index in [-0.39, 0.29) is 19.8 Å². The van der Waals surface area contributed by atoms with Crippen LogP contribution < -0.4 is 5.32 Å². The Morgan fingerprint density at radius 3 is 2.81 bits per heavy atom. The second-order valence-electron chi connectivity index (χ2n) is 3.23. The lowest BCUT2D eigenvalue weighted by Crippen LogP contribution is -2.20. The molecular weight excluding hydrogens is 216 g/mol. The Bertz CT molecular complexity index is 321. The molecule has 0 saturated carbocycles. The van der Waals surface area contributed by atoms with Gasteiger partial charge in [-0.15, -0.1) is 0 Å². The molecule has 0 aromatic heterocycles. The van der Waals surface area contributed by atoms with Gasteiger partial charge >= 0.3 is 0 Å². The highest BCUT2D eigenvalue weighted by Crippen LogP contribution is 2.10. The van der Waals surface area contributed by atoms with Crippen LogP contribution in [-0.2, 0) is 11.3 Å². The predicted molar refractivity (Wildman–Crippen MR) is 56.0 cm³/mol. The van der Waals surface area contributed by atoms with Gasteiger partial charge < -0.3 is 15.2 Å². The largest absolute Gasteiger partial charge is 0.394 e. The van der Waals surface area contributed by atoms with Gasteiger partial charge in [-0.05, 0) is 6.07 Å². The van der Waals surface area contributed by atoms with Gasteiger partial charge in [-0.25, -0.2) is 8.78 Å². The van der Waals surface area contributed by atoms with Crippen LogP contribution in [0.15, 0.2) is 18.2 Å². The van der Waals surface area contributed by atoms with E-state index < -0.39 is 11.6 Å². The molecule has 0 bridgehead atoms. The molecule has 0 amide bonds.